The number of fused-ring (bicyclic) bond motifs is 2. The normalized spacial score (nSPS) is 19.1. The highest BCUT2D eigenvalue weighted by molar-refractivity contribution is 5.61. The zero-order valence-electron chi connectivity index (χ0n) is 20.8. The van der Waals surface area contributed by atoms with Gasteiger partial charge in [0.15, 0.2) is 11.6 Å². The van der Waals surface area contributed by atoms with Crippen LogP contribution in [0.4, 0.5) is 17.5 Å². The summed E-state index contributed by atoms with van der Waals surface area (Å²) < 4.78 is 5.39. The summed E-state index contributed by atoms with van der Waals surface area (Å²) in [5.74, 6) is 4.01. The van der Waals surface area contributed by atoms with Crippen molar-refractivity contribution < 1.29 is 4.74 Å². The molecule has 3 aromatic heterocycles. The summed E-state index contributed by atoms with van der Waals surface area (Å²) in [4.78, 5) is 19.1. The molecule has 9 nitrogen and oxygen atoms in total. The van der Waals surface area contributed by atoms with Gasteiger partial charge in [-0.15, -0.1) is 0 Å². The zero-order chi connectivity index (χ0) is 24.6. The molecule has 2 atom stereocenters. The molecule has 0 radical (unpaired) electrons. The third-order valence-electron chi connectivity index (χ3n) is 6.99. The summed E-state index contributed by atoms with van der Waals surface area (Å²) >= 11 is 0. The standard InChI is InChI=1S/C27H30N8O/c1-17-9-24(30-25-10-18(2)32-33-25)31-27(29-17)20-7-8-26(28-13-20)34-15-21-12-22(16-34)35(21)14-19-5-4-6-23(11-19)36-3/h4-11,13,21-22H,12,14-16H2,1-3H3,(H2,29,30,31,32,33). The van der Waals surface area contributed by atoms with Crippen molar-refractivity contribution in [2.24, 2.45) is 0 Å². The maximum atomic E-state index is 5.39. The van der Waals surface area contributed by atoms with Gasteiger partial charge < -0.3 is 15.0 Å². The summed E-state index contributed by atoms with van der Waals surface area (Å²) in [6, 6.07) is 17.5. The van der Waals surface area contributed by atoms with Crippen molar-refractivity contribution in [3.8, 4) is 17.1 Å². The first-order valence-electron chi connectivity index (χ1n) is 12.3. The molecule has 0 amide bonds. The summed E-state index contributed by atoms with van der Waals surface area (Å²) in [5.41, 5.74) is 4.06. The number of methoxy groups -OCH3 is 1. The predicted molar refractivity (Wildman–Crippen MR) is 140 cm³/mol. The van der Waals surface area contributed by atoms with E-state index in [2.05, 4.69) is 65.6 Å². The number of pyridine rings is 1. The van der Waals surface area contributed by atoms with Gasteiger partial charge in [-0.3, -0.25) is 10.00 Å². The zero-order valence-corrected chi connectivity index (χ0v) is 20.8. The number of piperazine rings is 1. The molecule has 184 valence electrons. The molecule has 2 N–H and O–H groups in total. The fraction of sp³-hybridized carbons (Fsp3) is 0.333. The van der Waals surface area contributed by atoms with Gasteiger partial charge in [-0.05, 0) is 50.1 Å². The summed E-state index contributed by atoms with van der Waals surface area (Å²) in [6.07, 6.45) is 3.13. The highest BCUT2D eigenvalue weighted by Crippen LogP contribution is 2.36. The Morgan fingerprint density at radius 2 is 1.89 bits per heavy atom. The predicted octanol–water partition coefficient (Wildman–Crippen LogP) is 4.09. The number of nitrogens with one attached hydrogen (secondary N) is 2. The van der Waals surface area contributed by atoms with Crippen LogP contribution in [-0.2, 0) is 6.54 Å². The van der Waals surface area contributed by atoms with Crippen LogP contribution in [0.25, 0.3) is 11.4 Å². The van der Waals surface area contributed by atoms with Crippen LogP contribution in [0.15, 0.2) is 54.7 Å². The number of aromatic amines is 1. The Kier molecular flexibility index (Phi) is 5.77. The molecule has 6 heterocycles. The van der Waals surface area contributed by atoms with E-state index in [0.29, 0.717) is 23.7 Å². The first kappa shape index (κ1) is 22.5. The smallest absolute Gasteiger partial charge is 0.163 e. The number of hydrogen-bond donors (Lipinski definition) is 2. The molecule has 9 heteroatoms. The van der Waals surface area contributed by atoms with Gasteiger partial charge in [-0.25, -0.2) is 15.0 Å². The number of piperidine rings is 1. The van der Waals surface area contributed by atoms with Crippen LogP contribution in [0.3, 0.4) is 0 Å². The third kappa shape index (κ3) is 4.49. The first-order valence-corrected chi connectivity index (χ1v) is 12.3. The molecule has 36 heavy (non-hydrogen) atoms. The number of ether oxygens (including phenoxy) is 1. The molecule has 0 spiro atoms. The van der Waals surface area contributed by atoms with E-state index in [1.54, 1.807) is 7.11 Å². The highest BCUT2D eigenvalue weighted by Gasteiger charge is 2.44. The molecule has 2 bridgehead atoms. The minimum Gasteiger partial charge on any atom is -0.497 e. The second-order valence-corrected chi connectivity index (χ2v) is 9.66. The number of nitrogens with zero attached hydrogens (tertiary/aromatic N) is 6. The Bertz CT molecular complexity index is 1360. The number of hydrogen-bond acceptors (Lipinski definition) is 8. The Labute approximate surface area is 210 Å². The number of aryl methyl sites for hydroxylation is 2. The van der Waals surface area contributed by atoms with Crippen molar-refractivity contribution in [1.82, 2.24) is 30.0 Å². The number of H-pyrrole nitrogens is 1. The average Bonchev–Trinajstić information content (AvgIpc) is 3.31. The van der Waals surface area contributed by atoms with E-state index in [-0.39, 0.29) is 0 Å². The molecule has 2 unspecified atom stereocenters. The Hall–Kier alpha value is -3.98. The number of aromatic nitrogens is 5. The van der Waals surface area contributed by atoms with Crippen molar-refractivity contribution >= 4 is 17.5 Å². The minimum absolute atomic E-state index is 0.552. The summed E-state index contributed by atoms with van der Waals surface area (Å²) in [7, 11) is 1.72. The van der Waals surface area contributed by atoms with Crippen LogP contribution < -0.4 is 15.0 Å². The lowest BCUT2D eigenvalue weighted by molar-refractivity contribution is -0.00871. The lowest BCUT2D eigenvalue weighted by Gasteiger charge is -2.56. The Morgan fingerprint density at radius 1 is 1.03 bits per heavy atom. The molecular weight excluding hydrogens is 452 g/mol. The second-order valence-electron chi connectivity index (χ2n) is 9.66. The van der Waals surface area contributed by atoms with Gasteiger partial charge in [-0.2, -0.15) is 5.10 Å². The quantitative estimate of drug-likeness (QED) is 0.407. The van der Waals surface area contributed by atoms with Gasteiger partial charge in [-0.1, -0.05) is 12.1 Å². The van der Waals surface area contributed by atoms with Crippen LogP contribution in [0, 0.1) is 13.8 Å². The van der Waals surface area contributed by atoms with E-state index >= 15 is 0 Å². The SMILES string of the molecule is COc1cccc(CN2C3CC2CN(c2ccc(-c4nc(C)cc(Nc5cc(C)[nH]n5)n4)cn2)C3)c1. The van der Waals surface area contributed by atoms with Crippen LogP contribution in [0.5, 0.6) is 5.75 Å². The molecule has 3 aliphatic heterocycles. The largest absolute Gasteiger partial charge is 0.497 e. The van der Waals surface area contributed by atoms with Crippen molar-refractivity contribution in [3.63, 3.8) is 0 Å². The van der Waals surface area contributed by atoms with Gasteiger partial charge in [0.2, 0.25) is 0 Å². The average molecular weight is 483 g/mol. The summed E-state index contributed by atoms with van der Waals surface area (Å²) in [6.45, 7) is 6.87. The van der Waals surface area contributed by atoms with E-state index in [4.69, 9.17) is 9.72 Å². The van der Waals surface area contributed by atoms with Gasteiger partial charge in [0.25, 0.3) is 0 Å². The molecule has 7 rings (SSSR count). The fourth-order valence-electron chi connectivity index (χ4n) is 5.19. The molecule has 3 fully saturated rings. The molecule has 3 aliphatic rings. The topological polar surface area (TPSA) is 95.1 Å². The maximum Gasteiger partial charge on any atom is 0.163 e. The third-order valence-corrected chi connectivity index (χ3v) is 6.99. The summed E-state index contributed by atoms with van der Waals surface area (Å²) in [5, 5.41) is 10.4. The van der Waals surface area contributed by atoms with Crippen molar-refractivity contribution in [1.29, 1.82) is 0 Å². The molecule has 0 saturated carbocycles. The monoisotopic (exact) mass is 482 g/mol. The molecule has 3 saturated heterocycles. The van der Waals surface area contributed by atoms with Crippen LogP contribution in [-0.4, -0.2) is 62.3 Å². The number of rotatable bonds is 7. The Morgan fingerprint density at radius 3 is 2.61 bits per heavy atom. The van der Waals surface area contributed by atoms with Gasteiger partial charge in [0, 0.05) is 67.0 Å². The Balaban J connectivity index is 1.12. The van der Waals surface area contributed by atoms with Gasteiger partial charge in [0.05, 0.1) is 7.11 Å². The van der Waals surface area contributed by atoms with Crippen LogP contribution in [0.1, 0.15) is 23.4 Å². The minimum atomic E-state index is 0.552. The van der Waals surface area contributed by atoms with E-state index in [0.717, 1.165) is 54.0 Å². The fourth-order valence-corrected chi connectivity index (χ4v) is 5.19. The van der Waals surface area contributed by atoms with Gasteiger partial charge in [0.1, 0.15) is 17.4 Å². The van der Waals surface area contributed by atoms with E-state index in [9.17, 15) is 0 Å². The molecule has 1 aromatic carbocycles. The van der Waals surface area contributed by atoms with Crippen molar-refractivity contribution in [3.05, 3.63) is 71.7 Å². The molecule has 4 aromatic rings. The van der Waals surface area contributed by atoms with Crippen LogP contribution in [0.2, 0.25) is 0 Å². The van der Waals surface area contributed by atoms with Crippen molar-refractivity contribution in [2.45, 2.75) is 38.9 Å². The molecule has 0 aliphatic carbocycles. The molecular formula is C27H30N8O. The van der Waals surface area contributed by atoms with E-state index < -0.39 is 0 Å². The maximum absolute atomic E-state index is 5.39. The lowest BCUT2D eigenvalue weighted by Crippen LogP contribution is -2.68. The van der Waals surface area contributed by atoms with Crippen molar-refractivity contribution in [2.75, 3.05) is 30.4 Å². The lowest BCUT2D eigenvalue weighted by atomic mass is 9.86. The number of benzene rings is 1. The van der Waals surface area contributed by atoms with E-state index in [1.807, 2.05) is 38.2 Å². The first-order chi connectivity index (χ1) is 17.5. The van der Waals surface area contributed by atoms with Crippen LogP contribution >= 0.6 is 0 Å². The highest BCUT2D eigenvalue weighted by atomic mass is 16.5. The number of anilines is 3. The van der Waals surface area contributed by atoms with Gasteiger partial charge >= 0.3 is 0 Å². The van der Waals surface area contributed by atoms with E-state index in [1.165, 1.54) is 12.0 Å². The second kappa shape index (κ2) is 9.23.